The summed E-state index contributed by atoms with van der Waals surface area (Å²) in [4.78, 5) is 17.6. The third kappa shape index (κ3) is 4.15. The number of nitrogens with zero attached hydrogens (tertiary/aromatic N) is 2. The molecular formula is C14H16N4O2S. The third-order valence-electron chi connectivity index (χ3n) is 2.65. The van der Waals surface area contributed by atoms with Crippen LogP contribution in [0.1, 0.15) is 31.8 Å². The fourth-order valence-corrected chi connectivity index (χ4v) is 2.63. The van der Waals surface area contributed by atoms with E-state index < -0.39 is 0 Å². The summed E-state index contributed by atoms with van der Waals surface area (Å²) < 4.78 is 4.87. The summed E-state index contributed by atoms with van der Waals surface area (Å²) in [5.74, 6) is 6.75. The summed E-state index contributed by atoms with van der Waals surface area (Å²) in [5, 5.41) is 6.60. The smallest absolute Gasteiger partial charge is 0.261 e. The number of aromatic nitrogens is 2. The number of thiophene rings is 1. The lowest BCUT2D eigenvalue weighted by Gasteiger charge is -2.00. The van der Waals surface area contributed by atoms with Gasteiger partial charge < -0.3 is 15.6 Å². The molecule has 0 spiro atoms. The van der Waals surface area contributed by atoms with E-state index in [4.69, 9.17) is 10.3 Å². The predicted octanol–water partition coefficient (Wildman–Crippen LogP) is 1.03. The van der Waals surface area contributed by atoms with Crippen LogP contribution in [0.2, 0.25) is 0 Å². The van der Waals surface area contributed by atoms with Gasteiger partial charge in [0.25, 0.3) is 5.91 Å². The van der Waals surface area contributed by atoms with E-state index in [1.165, 1.54) is 11.3 Å². The standard InChI is InChI=1S/C14H16N4O2S/c1-9-8-12(21-11(9)4-3-6-15)14(19)16-7-5-13-17-10(2)20-18-13/h8H,5-7,15H2,1-2H3,(H,16,19). The lowest BCUT2D eigenvalue weighted by Crippen LogP contribution is -2.25. The fourth-order valence-electron chi connectivity index (χ4n) is 1.67. The maximum Gasteiger partial charge on any atom is 0.261 e. The molecule has 2 heterocycles. The Labute approximate surface area is 126 Å². The van der Waals surface area contributed by atoms with Gasteiger partial charge in [0.15, 0.2) is 5.82 Å². The average molecular weight is 304 g/mol. The number of amides is 1. The largest absolute Gasteiger partial charge is 0.351 e. The zero-order valence-corrected chi connectivity index (χ0v) is 12.7. The number of hydrogen-bond acceptors (Lipinski definition) is 6. The summed E-state index contributed by atoms with van der Waals surface area (Å²) in [6.07, 6.45) is 0.535. The minimum absolute atomic E-state index is 0.121. The SMILES string of the molecule is Cc1nc(CCNC(=O)c2cc(C)c(C#CCN)s2)no1. The van der Waals surface area contributed by atoms with E-state index in [1.54, 1.807) is 6.92 Å². The fraction of sp³-hybridized carbons (Fsp3) is 0.357. The van der Waals surface area contributed by atoms with Crippen LogP contribution in [0.4, 0.5) is 0 Å². The predicted molar refractivity (Wildman–Crippen MR) is 80.1 cm³/mol. The molecule has 0 aliphatic rings. The minimum atomic E-state index is -0.121. The molecule has 0 fully saturated rings. The summed E-state index contributed by atoms with van der Waals surface area (Å²) in [5.41, 5.74) is 6.33. The van der Waals surface area contributed by atoms with Gasteiger partial charge >= 0.3 is 0 Å². The number of carbonyl (C=O) groups is 1. The number of rotatable bonds is 4. The van der Waals surface area contributed by atoms with E-state index in [0.717, 1.165) is 10.4 Å². The lowest BCUT2D eigenvalue weighted by molar-refractivity contribution is 0.0958. The number of nitrogens with one attached hydrogen (secondary N) is 1. The molecule has 2 aromatic heterocycles. The normalized spacial score (nSPS) is 10.0. The zero-order valence-electron chi connectivity index (χ0n) is 11.9. The second kappa shape index (κ2) is 7.02. The molecule has 2 aromatic rings. The molecule has 2 rings (SSSR count). The first-order valence-electron chi connectivity index (χ1n) is 6.47. The lowest BCUT2D eigenvalue weighted by atomic mass is 10.2. The van der Waals surface area contributed by atoms with Crippen LogP contribution in [-0.4, -0.2) is 29.1 Å². The number of hydrogen-bond donors (Lipinski definition) is 2. The Bertz CT molecular complexity index is 693. The Hall–Kier alpha value is -2.17. The Balaban J connectivity index is 1.91. The average Bonchev–Trinajstić information content (AvgIpc) is 3.03. The van der Waals surface area contributed by atoms with Crippen LogP contribution < -0.4 is 11.1 Å². The summed E-state index contributed by atoms with van der Waals surface area (Å²) in [7, 11) is 0. The van der Waals surface area contributed by atoms with Crippen molar-refractivity contribution in [2.75, 3.05) is 13.1 Å². The van der Waals surface area contributed by atoms with Crippen LogP contribution in [0.3, 0.4) is 0 Å². The monoisotopic (exact) mass is 304 g/mol. The van der Waals surface area contributed by atoms with Crippen molar-refractivity contribution < 1.29 is 9.32 Å². The highest BCUT2D eigenvalue weighted by Gasteiger charge is 2.11. The van der Waals surface area contributed by atoms with E-state index >= 15 is 0 Å². The molecular weight excluding hydrogens is 288 g/mol. The molecule has 0 bridgehead atoms. The van der Waals surface area contributed by atoms with Gasteiger partial charge in [-0.05, 0) is 18.6 Å². The second-order valence-electron chi connectivity index (χ2n) is 4.36. The molecule has 0 aromatic carbocycles. The topological polar surface area (TPSA) is 94.0 Å². The highest BCUT2D eigenvalue weighted by Crippen LogP contribution is 2.20. The van der Waals surface area contributed by atoms with Crippen molar-refractivity contribution in [1.29, 1.82) is 0 Å². The van der Waals surface area contributed by atoms with E-state index in [0.29, 0.717) is 36.1 Å². The maximum atomic E-state index is 12.0. The number of aryl methyl sites for hydroxylation is 2. The Morgan fingerprint density at radius 3 is 3.00 bits per heavy atom. The second-order valence-corrected chi connectivity index (χ2v) is 5.42. The van der Waals surface area contributed by atoms with E-state index in [9.17, 15) is 4.79 Å². The van der Waals surface area contributed by atoms with Crippen LogP contribution in [0.5, 0.6) is 0 Å². The quantitative estimate of drug-likeness (QED) is 0.823. The van der Waals surface area contributed by atoms with Gasteiger partial charge in [-0.25, -0.2) is 0 Å². The van der Waals surface area contributed by atoms with Gasteiger partial charge in [-0.3, -0.25) is 4.79 Å². The molecule has 0 aliphatic heterocycles. The minimum Gasteiger partial charge on any atom is -0.351 e. The number of nitrogens with two attached hydrogens (primary N) is 1. The highest BCUT2D eigenvalue weighted by molar-refractivity contribution is 7.14. The maximum absolute atomic E-state index is 12.0. The van der Waals surface area contributed by atoms with Crippen molar-refractivity contribution in [3.8, 4) is 11.8 Å². The molecule has 0 atom stereocenters. The van der Waals surface area contributed by atoms with Crippen molar-refractivity contribution in [1.82, 2.24) is 15.5 Å². The first-order chi connectivity index (χ1) is 10.1. The first kappa shape index (κ1) is 15.2. The number of carbonyl (C=O) groups excluding carboxylic acids is 1. The van der Waals surface area contributed by atoms with Crippen LogP contribution in [0, 0.1) is 25.7 Å². The first-order valence-corrected chi connectivity index (χ1v) is 7.28. The van der Waals surface area contributed by atoms with Crippen LogP contribution in [-0.2, 0) is 6.42 Å². The van der Waals surface area contributed by atoms with Gasteiger partial charge in [0, 0.05) is 19.9 Å². The van der Waals surface area contributed by atoms with Gasteiger partial charge in [-0.2, -0.15) is 4.98 Å². The molecule has 6 nitrogen and oxygen atoms in total. The van der Waals surface area contributed by atoms with Gasteiger partial charge in [-0.1, -0.05) is 17.0 Å². The summed E-state index contributed by atoms with van der Waals surface area (Å²) in [6, 6.07) is 1.83. The van der Waals surface area contributed by atoms with Gasteiger partial charge in [0.2, 0.25) is 5.89 Å². The molecule has 0 radical (unpaired) electrons. The molecule has 21 heavy (non-hydrogen) atoms. The van der Waals surface area contributed by atoms with Crippen molar-refractivity contribution in [3.63, 3.8) is 0 Å². The van der Waals surface area contributed by atoms with Crippen molar-refractivity contribution >= 4 is 17.2 Å². The highest BCUT2D eigenvalue weighted by atomic mass is 32.1. The van der Waals surface area contributed by atoms with E-state index in [-0.39, 0.29) is 5.91 Å². The Morgan fingerprint density at radius 1 is 1.52 bits per heavy atom. The molecule has 3 N–H and O–H groups in total. The van der Waals surface area contributed by atoms with Crippen molar-refractivity contribution in [2.45, 2.75) is 20.3 Å². The molecule has 0 aliphatic carbocycles. The van der Waals surface area contributed by atoms with Gasteiger partial charge in [0.05, 0.1) is 16.3 Å². The Kier molecular flexibility index (Phi) is 5.09. The van der Waals surface area contributed by atoms with Gasteiger partial charge in [-0.15, -0.1) is 11.3 Å². The van der Waals surface area contributed by atoms with E-state index in [1.807, 2.05) is 13.0 Å². The van der Waals surface area contributed by atoms with Crippen molar-refractivity contribution in [3.05, 3.63) is 33.1 Å². The molecule has 7 heteroatoms. The van der Waals surface area contributed by atoms with Crippen LogP contribution in [0.25, 0.3) is 0 Å². The molecule has 110 valence electrons. The zero-order chi connectivity index (χ0) is 15.2. The molecule has 0 saturated heterocycles. The summed E-state index contributed by atoms with van der Waals surface area (Å²) in [6.45, 7) is 4.42. The summed E-state index contributed by atoms with van der Waals surface area (Å²) >= 11 is 1.37. The van der Waals surface area contributed by atoms with Crippen LogP contribution in [0.15, 0.2) is 10.6 Å². The Morgan fingerprint density at radius 2 is 2.33 bits per heavy atom. The van der Waals surface area contributed by atoms with Crippen LogP contribution >= 0.6 is 11.3 Å². The third-order valence-corrected chi connectivity index (χ3v) is 3.80. The molecule has 0 unspecified atom stereocenters. The van der Waals surface area contributed by atoms with E-state index in [2.05, 4.69) is 27.3 Å². The molecule has 1 amide bonds. The van der Waals surface area contributed by atoms with Gasteiger partial charge in [0.1, 0.15) is 0 Å². The molecule has 0 saturated carbocycles. The van der Waals surface area contributed by atoms with Crippen molar-refractivity contribution in [2.24, 2.45) is 5.73 Å².